The second-order valence-electron chi connectivity index (χ2n) is 3.79. The maximum atomic E-state index is 11.3. The standard InChI is InChI=1S/C13H11ClO2/c1-7-8(2)12(14)10-6-4-3-5-9(10)11(7)13(15)16/h3-6H,1-2H3,(H,15,16). The van der Waals surface area contributed by atoms with Gasteiger partial charge in [-0.05, 0) is 30.4 Å². The maximum Gasteiger partial charge on any atom is 0.336 e. The van der Waals surface area contributed by atoms with Crippen molar-refractivity contribution in [3.8, 4) is 0 Å². The molecular formula is C13H11ClO2. The molecule has 0 radical (unpaired) electrons. The molecule has 0 saturated heterocycles. The van der Waals surface area contributed by atoms with Gasteiger partial charge in [-0.2, -0.15) is 0 Å². The summed E-state index contributed by atoms with van der Waals surface area (Å²) in [5.41, 5.74) is 1.91. The molecule has 0 aliphatic rings. The van der Waals surface area contributed by atoms with Crippen LogP contribution >= 0.6 is 11.6 Å². The van der Waals surface area contributed by atoms with Crippen molar-refractivity contribution < 1.29 is 9.90 Å². The predicted octanol–water partition coefficient (Wildman–Crippen LogP) is 3.81. The van der Waals surface area contributed by atoms with Gasteiger partial charge in [0, 0.05) is 5.39 Å². The van der Waals surface area contributed by atoms with Gasteiger partial charge in [-0.1, -0.05) is 35.9 Å². The summed E-state index contributed by atoms with van der Waals surface area (Å²) in [4.78, 5) is 11.3. The molecule has 2 nitrogen and oxygen atoms in total. The smallest absolute Gasteiger partial charge is 0.336 e. The Balaban J connectivity index is 3.04. The third-order valence-electron chi connectivity index (χ3n) is 2.91. The monoisotopic (exact) mass is 234 g/mol. The van der Waals surface area contributed by atoms with E-state index in [2.05, 4.69) is 0 Å². The molecular weight excluding hydrogens is 224 g/mol. The lowest BCUT2D eigenvalue weighted by Gasteiger charge is -2.12. The van der Waals surface area contributed by atoms with Crippen LogP contribution < -0.4 is 0 Å². The van der Waals surface area contributed by atoms with E-state index in [4.69, 9.17) is 11.6 Å². The predicted molar refractivity (Wildman–Crippen MR) is 65.4 cm³/mol. The van der Waals surface area contributed by atoms with E-state index in [-0.39, 0.29) is 0 Å². The zero-order valence-corrected chi connectivity index (χ0v) is 9.80. The van der Waals surface area contributed by atoms with Gasteiger partial charge in [0.1, 0.15) is 0 Å². The molecule has 0 aromatic heterocycles. The van der Waals surface area contributed by atoms with E-state index >= 15 is 0 Å². The first-order valence-electron chi connectivity index (χ1n) is 4.94. The Hall–Kier alpha value is -1.54. The van der Waals surface area contributed by atoms with Crippen molar-refractivity contribution in [2.75, 3.05) is 0 Å². The van der Waals surface area contributed by atoms with Gasteiger partial charge in [0.2, 0.25) is 0 Å². The number of rotatable bonds is 1. The Labute approximate surface area is 98.5 Å². The van der Waals surface area contributed by atoms with Gasteiger partial charge in [-0.15, -0.1) is 0 Å². The number of fused-ring (bicyclic) bond motifs is 1. The summed E-state index contributed by atoms with van der Waals surface area (Å²) in [6.45, 7) is 3.63. The summed E-state index contributed by atoms with van der Waals surface area (Å²) >= 11 is 6.22. The lowest BCUT2D eigenvalue weighted by atomic mass is 9.95. The van der Waals surface area contributed by atoms with Crippen molar-refractivity contribution in [3.05, 3.63) is 46.0 Å². The number of hydrogen-bond acceptors (Lipinski definition) is 1. The third kappa shape index (κ3) is 1.46. The van der Waals surface area contributed by atoms with Gasteiger partial charge in [0.25, 0.3) is 0 Å². The van der Waals surface area contributed by atoms with Gasteiger partial charge in [-0.25, -0.2) is 4.79 Å². The minimum absolute atomic E-state index is 0.345. The minimum atomic E-state index is -0.909. The molecule has 0 aliphatic heterocycles. The van der Waals surface area contributed by atoms with Crippen LogP contribution in [0.2, 0.25) is 5.02 Å². The molecule has 0 spiro atoms. The molecule has 0 atom stereocenters. The summed E-state index contributed by atoms with van der Waals surface area (Å²) in [6, 6.07) is 7.31. The summed E-state index contributed by atoms with van der Waals surface area (Å²) in [5, 5.41) is 11.4. The Morgan fingerprint density at radius 1 is 1.12 bits per heavy atom. The van der Waals surface area contributed by atoms with E-state index in [0.29, 0.717) is 16.0 Å². The molecule has 3 heteroatoms. The quantitative estimate of drug-likeness (QED) is 0.815. The van der Waals surface area contributed by atoms with Gasteiger partial charge >= 0.3 is 5.97 Å². The molecule has 0 aliphatic carbocycles. The highest BCUT2D eigenvalue weighted by molar-refractivity contribution is 6.37. The van der Waals surface area contributed by atoms with Crippen molar-refractivity contribution in [1.82, 2.24) is 0 Å². The molecule has 0 heterocycles. The normalized spacial score (nSPS) is 10.7. The number of hydrogen-bond donors (Lipinski definition) is 1. The first kappa shape index (κ1) is 11.0. The molecule has 2 aromatic carbocycles. The summed E-state index contributed by atoms with van der Waals surface area (Å²) in [6.07, 6.45) is 0. The van der Waals surface area contributed by atoms with E-state index < -0.39 is 5.97 Å². The lowest BCUT2D eigenvalue weighted by molar-refractivity contribution is 0.0698. The van der Waals surface area contributed by atoms with Crippen molar-refractivity contribution in [2.24, 2.45) is 0 Å². The van der Waals surface area contributed by atoms with Crippen molar-refractivity contribution in [2.45, 2.75) is 13.8 Å². The number of halogens is 1. The van der Waals surface area contributed by atoms with Crippen LogP contribution in [0.15, 0.2) is 24.3 Å². The van der Waals surface area contributed by atoms with Crippen LogP contribution in [-0.2, 0) is 0 Å². The fourth-order valence-corrected chi connectivity index (χ4v) is 2.23. The minimum Gasteiger partial charge on any atom is -0.478 e. The topological polar surface area (TPSA) is 37.3 Å². The lowest BCUT2D eigenvalue weighted by Crippen LogP contribution is -2.03. The zero-order valence-electron chi connectivity index (χ0n) is 9.04. The molecule has 2 rings (SSSR count). The fraction of sp³-hybridized carbons (Fsp3) is 0.154. The van der Waals surface area contributed by atoms with E-state index in [1.54, 1.807) is 13.0 Å². The summed E-state index contributed by atoms with van der Waals surface area (Å²) in [5.74, 6) is -0.909. The largest absolute Gasteiger partial charge is 0.478 e. The highest BCUT2D eigenvalue weighted by atomic mass is 35.5. The Morgan fingerprint density at radius 2 is 1.69 bits per heavy atom. The van der Waals surface area contributed by atoms with Crippen molar-refractivity contribution in [1.29, 1.82) is 0 Å². The second kappa shape index (κ2) is 3.80. The van der Waals surface area contributed by atoms with E-state index in [1.807, 2.05) is 25.1 Å². The molecule has 1 N–H and O–H groups in total. The first-order valence-corrected chi connectivity index (χ1v) is 5.32. The van der Waals surface area contributed by atoms with Crippen LogP contribution in [0.4, 0.5) is 0 Å². The van der Waals surface area contributed by atoms with Gasteiger partial charge < -0.3 is 5.11 Å². The van der Waals surface area contributed by atoms with Crippen LogP contribution in [0.25, 0.3) is 10.8 Å². The molecule has 0 bridgehead atoms. The number of carboxylic acid groups (broad SMARTS) is 1. The molecule has 0 unspecified atom stereocenters. The van der Waals surface area contributed by atoms with Crippen LogP contribution in [-0.4, -0.2) is 11.1 Å². The Kier molecular flexibility index (Phi) is 2.60. The van der Waals surface area contributed by atoms with Crippen molar-refractivity contribution in [3.63, 3.8) is 0 Å². The summed E-state index contributed by atoms with van der Waals surface area (Å²) in [7, 11) is 0. The molecule has 16 heavy (non-hydrogen) atoms. The van der Waals surface area contributed by atoms with Gasteiger partial charge in [-0.3, -0.25) is 0 Å². The number of carboxylic acids is 1. The maximum absolute atomic E-state index is 11.3. The SMILES string of the molecule is Cc1c(C)c(C(=O)O)c2ccccc2c1Cl. The van der Waals surface area contributed by atoms with Gasteiger partial charge in [0.15, 0.2) is 0 Å². The van der Waals surface area contributed by atoms with E-state index in [0.717, 1.165) is 16.5 Å². The van der Waals surface area contributed by atoms with Crippen LogP contribution in [0, 0.1) is 13.8 Å². The highest BCUT2D eigenvalue weighted by Gasteiger charge is 2.17. The molecule has 2 aromatic rings. The van der Waals surface area contributed by atoms with Crippen molar-refractivity contribution >= 4 is 28.3 Å². The van der Waals surface area contributed by atoms with Crippen LogP contribution in [0.1, 0.15) is 21.5 Å². The number of benzene rings is 2. The number of carbonyl (C=O) groups is 1. The first-order chi connectivity index (χ1) is 7.54. The Morgan fingerprint density at radius 3 is 2.25 bits per heavy atom. The summed E-state index contributed by atoms with van der Waals surface area (Å²) < 4.78 is 0. The molecule has 0 fully saturated rings. The van der Waals surface area contributed by atoms with Crippen LogP contribution in [0.5, 0.6) is 0 Å². The van der Waals surface area contributed by atoms with E-state index in [1.165, 1.54) is 0 Å². The third-order valence-corrected chi connectivity index (χ3v) is 3.40. The van der Waals surface area contributed by atoms with Gasteiger partial charge in [0.05, 0.1) is 10.6 Å². The highest BCUT2D eigenvalue weighted by Crippen LogP contribution is 2.33. The zero-order chi connectivity index (χ0) is 11.9. The van der Waals surface area contributed by atoms with E-state index in [9.17, 15) is 9.90 Å². The second-order valence-corrected chi connectivity index (χ2v) is 4.17. The molecule has 0 saturated carbocycles. The Bertz CT molecular complexity index is 588. The average Bonchev–Trinajstić information content (AvgIpc) is 2.26. The molecule has 82 valence electrons. The number of aromatic carboxylic acids is 1. The van der Waals surface area contributed by atoms with Crippen LogP contribution in [0.3, 0.4) is 0 Å². The fourth-order valence-electron chi connectivity index (χ4n) is 1.92. The average molecular weight is 235 g/mol. The molecule has 0 amide bonds.